The number of carbonyl (C=O) groups is 2. The summed E-state index contributed by atoms with van der Waals surface area (Å²) in [5.74, 6) is -0.838. The van der Waals surface area contributed by atoms with Crippen molar-refractivity contribution in [2.75, 3.05) is 7.11 Å². The molecule has 0 spiro atoms. The van der Waals surface area contributed by atoms with Crippen LogP contribution in [0, 0.1) is 10.1 Å². The van der Waals surface area contributed by atoms with E-state index in [0.717, 1.165) is 0 Å². The fraction of sp³-hybridized carbons (Fsp3) is 0.176. The normalized spacial score (nSPS) is 11.4. The lowest BCUT2D eigenvalue weighted by Crippen LogP contribution is -2.30. The van der Waals surface area contributed by atoms with Crippen molar-refractivity contribution in [1.29, 1.82) is 0 Å². The number of amides is 1. The maximum Gasteiger partial charge on any atom is 0.307 e. The maximum absolute atomic E-state index is 12.3. The molecule has 2 aromatic rings. The van der Waals surface area contributed by atoms with Gasteiger partial charge < -0.3 is 10.1 Å². The van der Waals surface area contributed by atoms with Crippen molar-refractivity contribution in [3.63, 3.8) is 0 Å². The van der Waals surface area contributed by atoms with E-state index >= 15 is 0 Å². The highest BCUT2D eigenvalue weighted by Gasteiger charge is 2.20. The minimum atomic E-state index is -0.647. The van der Waals surface area contributed by atoms with E-state index < -0.39 is 16.9 Å². The zero-order valence-corrected chi connectivity index (χ0v) is 13.0. The Morgan fingerprint density at radius 2 is 1.75 bits per heavy atom. The smallest absolute Gasteiger partial charge is 0.307 e. The largest absolute Gasteiger partial charge is 0.469 e. The van der Waals surface area contributed by atoms with Gasteiger partial charge in [-0.15, -0.1) is 0 Å². The number of methoxy groups -OCH3 is 1. The van der Waals surface area contributed by atoms with Crippen molar-refractivity contribution < 1.29 is 19.2 Å². The number of rotatable bonds is 6. The predicted molar refractivity (Wildman–Crippen MR) is 86.4 cm³/mol. The summed E-state index contributed by atoms with van der Waals surface area (Å²) in [7, 11) is 1.26. The second-order valence-electron chi connectivity index (χ2n) is 5.02. The first-order chi connectivity index (χ1) is 11.5. The zero-order chi connectivity index (χ0) is 17.5. The van der Waals surface area contributed by atoms with Gasteiger partial charge in [-0.25, -0.2) is 0 Å². The number of benzene rings is 2. The fourth-order valence-electron chi connectivity index (χ4n) is 2.16. The number of non-ortho nitro benzene ring substituents is 1. The number of nitro benzene ring substituents is 1. The van der Waals surface area contributed by atoms with Crippen LogP contribution in [0.5, 0.6) is 0 Å². The summed E-state index contributed by atoms with van der Waals surface area (Å²) in [5, 5.41) is 13.5. The number of nitrogens with one attached hydrogen (secondary N) is 1. The zero-order valence-electron chi connectivity index (χ0n) is 13.0. The molecular weight excluding hydrogens is 312 g/mol. The second kappa shape index (κ2) is 7.87. The van der Waals surface area contributed by atoms with E-state index in [2.05, 4.69) is 10.1 Å². The van der Waals surface area contributed by atoms with Gasteiger partial charge in [0.2, 0.25) is 0 Å². The fourth-order valence-corrected chi connectivity index (χ4v) is 2.16. The monoisotopic (exact) mass is 328 g/mol. The number of hydrogen-bond acceptors (Lipinski definition) is 5. The van der Waals surface area contributed by atoms with Crippen molar-refractivity contribution in [2.24, 2.45) is 0 Å². The first kappa shape index (κ1) is 17.1. The van der Waals surface area contributed by atoms with Crippen LogP contribution in [0.1, 0.15) is 28.4 Å². The highest BCUT2D eigenvalue weighted by atomic mass is 16.6. The first-order valence-corrected chi connectivity index (χ1v) is 7.18. The van der Waals surface area contributed by atoms with Crippen LogP contribution in [0.25, 0.3) is 0 Å². The molecule has 0 saturated carbocycles. The van der Waals surface area contributed by atoms with Crippen LogP contribution in [0.15, 0.2) is 54.6 Å². The molecule has 1 unspecified atom stereocenters. The Labute approximate surface area is 138 Å². The minimum absolute atomic E-state index is 0.0649. The minimum Gasteiger partial charge on any atom is -0.469 e. The summed E-state index contributed by atoms with van der Waals surface area (Å²) < 4.78 is 4.65. The van der Waals surface area contributed by atoms with Gasteiger partial charge in [0.15, 0.2) is 0 Å². The highest BCUT2D eigenvalue weighted by Crippen LogP contribution is 2.21. The summed E-state index contributed by atoms with van der Waals surface area (Å²) in [6.45, 7) is 0. The summed E-state index contributed by atoms with van der Waals surface area (Å²) in [6.07, 6.45) is -0.0765. The lowest BCUT2D eigenvalue weighted by atomic mass is 10.0. The summed E-state index contributed by atoms with van der Waals surface area (Å²) in [4.78, 5) is 34.1. The third-order valence-electron chi connectivity index (χ3n) is 3.45. The van der Waals surface area contributed by atoms with Crippen LogP contribution in [0.4, 0.5) is 5.69 Å². The number of nitro groups is 1. The number of ether oxygens (including phenoxy) is 1. The Morgan fingerprint density at radius 1 is 1.12 bits per heavy atom. The molecule has 0 heterocycles. The summed E-state index contributed by atoms with van der Waals surface area (Å²) in [6, 6.07) is 13.6. The van der Waals surface area contributed by atoms with Gasteiger partial charge in [0, 0.05) is 17.7 Å². The van der Waals surface area contributed by atoms with Crippen LogP contribution in [0.3, 0.4) is 0 Å². The van der Waals surface area contributed by atoms with E-state index in [4.69, 9.17) is 0 Å². The Kier molecular flexibility index (Phi) is 5.62. The van der Waals surface area contributed by atoms with Gasteiger partial charge in [0.25, 0.3) is 11.6 Å². The SMILES string of the molecule is COC(=O)CC(NC(=O)c1ccccc1)c1ccc([N+](=O)[O-])cc1. The highest BCUT2D eigenvalue weighted by molar-refractivity contribution is 5.94. The number of hydrogen-bond donors (Lipinski definition) is 1. The van der Waals surface area contributed by atoms with Gasteiger partial charge in [0.05, 0.1) is 24.5 Å². The second-order valence-corrected chi connectivity index (χ2v) is 5.02. The van der Waals surface area contributed by atoms with E-state index in [1.807, 2.05) is 0 Å². The van der Waals surface area contributed by atoms with Crippen LogP contribution in [-0.4, -0.2) is 23.9 Å². The number of esters is 1. The van der Waals surface area contributed by atoms with Crippen LogP contribution in [0.2, 0.25) is 0 Å². The standard InChI is InChI=1S/C17H16N2O5/c1-24-16(20)11-15(12-7-9-14(10-8-12)19(22)23)18-17(21)13-5-3-2-4-6-13/h2-10,15H,11H2,1H3,(H,18,21). The molecule has 7 heteroatoms. The van der Waals surface area contributed by atoms with E-state index in [1.165, 1.54) is 31.4 Å². The predicted octanol–water partition coefficient (Wildman–Crippen LogP) is 2.63. The quantitative estimate of drug-likeness (QED) is 0.499. The lowest BCUT2D eigenvalue weighted by molar-refractivity contribution is -0.384. The molecular formula is C17H16N2O5. The van der Waals surface area contributed by atoms with E-state index in [0.29, 0.717) is 11.1 Å². The molecule has 2 rings (SSSR count). The van der Waals surface area contributed by atoms with Crippen molar-refractivity contribution >= 4 is 17.6 Å². The molecule has 0 aromatic heterocycles. The van der Waals surface area contributed by atoms with Crippen LogP contribution >= 0.6 is 0 Å². The van der Waals surface area contributed by atoms with Crippen molar-refractivity contribution in [2.45, 2.75) is 12.5 Å². The number of carbonyl (C=O) groups excluding carboxylic acids is 2. The third kappa shape index (κ3) is 4.39. The molecule has 0 saturated heterocycles. The lowest BCUT2D eigenvalue weighted by Gasteiger charge is -2.18. The molecule has 124 valence electrons. The molecule has 0 aliphatic heterocycles. The van der Waals surface area contributed by atoms with E-state index in [9.17, 15) is 19.7 Å². The molecule has 1 atom stereocenters. The Hall–Kier alpha value is -3.22. The molecule has 1 amide bonds. The Balaban J connectivity index is 2.22. The van der Waals surface area contributed by atoms with Crippen molar-refractivity contribution in [3.8, 4) is 0 Å². The van der Waals surface area contributed by atoms with E-state index in [-0.39, 0.29) is 18.0 Å². The van der Waals surface area contributed by atoms with Crippen LogP contribution < -0.4 is 5.32 Å². The molecule has 0 aliphatic carbocycles. The molecule has 0 fully saturated rings. The Bertz CT molecular complexity index is 728. The molecule has 0 radical (unpaired) electrons. The first-order valence-electron chi connectivity index (χ1n) is 7.18. The molecule has 0 bridgehead atoms. The molecule has 0 aliphatic rings. The average Bonchev–Trinajstić information content (AvgIpc) is 2.61. The van der Waals surface area contributed by atoms with Gasteiger partial charge in [-0.3, -0.25) is 19.7 Å². The van der Waals surface area contributed by atoms with Crippen molar-refractivity contribution in [1.82, 2.24) is 5.32 Å². The van der Waals surface area contributed by atoms with Gasteiger partial charge in [0.1, 0.15) is 0 Å². The van der Waals surface area contributed by atoms with E-state index in [1.54, 1.807) is 30.3 Å². The van der Waals surface area contributed by atoms with Gasteiger partial charge in [-0.2, -0.15) is 0 Å². The summed E-state index contributed by atoms with van der Waals surface area (Å²) in [5.41, 5.74) is 0.967. The molecule has 24 heavy (non-hydrogen) atoms. The molecule has 2 aromatic carbocycles. The number of nitrogens with zero attached hydrogens (tertiary/aromatic N) is 1. The summed E-state index contributed by atoms with van der Waals surface area (Å²) >= 11 is 0. The third-order valence-corrected chi connectivity index (χ3v) is 3.45. The van der Waals surface area contributed by atoms with Gasteiger partial charge in [-0.05, 0) is 17.7 Å². The van der Waals surface area contributed by atoms with Gasteiger partial charge >= 0.3 is 5.97 Å². The maximum atomic E-state index is 12.3. The average molecular weight is 328 g/mol. The molecule has 1 N–H and O–H groups in total. The topological polar surface area (TPSA) is 98.5 Å². The Morgan fingerprint density at radius 3 is 2.29 bits per heavy atom. The van der Waals surface area contributed by atoms with Crippen LogP contribution in [-0.2, 0) is 9.53 Å². The van der Waals surface area contributed by atoms with Gasteiger partial charge in [-0.1, -0.05) is 30.3 Å². The molecule has 7 nitrogen and oxygen atoms in total. The van der Waals surface area contributed by atoms with Crippen molar-refractivity contribution in [3.05, 3.63) is 75.8 Å².